The predicted molar refractivity (Wildman–Crippen MR) is 32.5 cm³/mol. The Morgan fingerprint density at radius 3 is 2.12 bits per heavy atom. The van der Waals surface area contributed by atoms with Gasteiger partial charge in [0.1, 0.15) is 5.60 Å². The molecular weight excluding hydrogens is 104 g/mol. The highest BCUT2D eigenvalue weighted by Crippen LogP contribution is 2.08. The molecule has 48 valence electrons. The van der Waals surface area contributed by atoms with Gasteiger partial charge in [0.15, 0.2) is 0 Å². The Bertz CT molecular complexity index is 84.5. The van der Waals surface area contributed by atoms with Gasteiger partial charge in [-0.1, -0.05) is 6.08 Å². The van der Waals surface area contributed by atoms with Gasteiger partial charge in [-0.25, -0.2) is 0 Å². The normalized spacial score (nSPS) is 21.5. The maximum absolute atomic E-state index is 9.03. The molecule has 0 saturated carbocycles. The van der Waals surface area contributed by atoms with Crippen molar-refractivity contribution in [2.45, 2.75) is 25.6 Å². The van der Waals surface area contributed by atoms with E-state index in [1.54, 1.807) is 0 Å². The third-order valence-corrected chi connectivity index (χ3v) is 1.26. The van der Waals surface area contributed by atoms with Crippen LogP contribution in [0.15, 0.2) is 12.7 Å². The molecule has 8 heavy (non-hydrogen) atoms. The van der Waals surface area contributed by atoms with Gasteiger partial charge in [0.05, 0.1) is 6.10 Å². The fraction of sp³-hybridized carbons (Fsp3) is 0.667. The first-order chi connectivity index (χ1) is 3.50. The van der Waals surface area contributed by atoms with Crippen LogP contribution in [-0.4, -0.2) is 21.9 Å². The zero-order valence-corrected chi connectivity index (χ0v) is 5.26. The Morgan fingerprint density at radius 1 is 1.75 bits per heavy atom. The van der Waals surface area contributed by atoms with Crippen LogP contribution < -0.4 is 0 Å². The zero-order valence-electron chi connectivity index (χ0n) is 5.26. The summed E-state index contributed by atoms with van der Waals surface area (Å²) in [4.78, 5) is 0. The Labute approximate surface area is 49.5 Å². The van der Waals surface area contributed by atoms with E-state index in [2.05, 4.69) is 6.58 Å². The Hall–Kier alpha value is -0.340. The van der Waals surface area contributed by atoms with E-state index in [-0.39, 0.29) is 0 Å². The van der Waals surface area contributed by atoms with Gasteiger partial charge >= 0.3 is 0 Å². The third-order valence-electron chi connectivity index (χ3n) is 1.26. The van der Waals surface area contributed by atoms with Gasteiger partial charge < -0.3 is 10.2 Å². The Morgan fingerprint density at radius 2 is 2.12 bits per heavy atom. The highest BCUT2D eigenvalue weighted by molar-refractivity contribution is 4.95. The van der Waals surface area contributed by atoms with Gasteiger partial charge in [-0.2, -0.15) is 0 Å². The van der Waals surface area contributed by atoms with Crippen LogP contribution in [-0.2, 0) is 0 Å². The molecule has 0 aliphatic carbocycles. The average molecular weight is 116 g/mol. The van der Waals surface area contributed by atoms with Crippen LogP contribution in [0.5, 0.6) is 0 Å². The van der Waals surface area contributed by atoms with E-state index >= 15 is 0 Å². The van der Waals surface area contributed by atoms with Crippen molar-refractivity contribution in [2.75, 3.05) is 0 Å². The summed E-state index contributed by atoms with van der Waals surface area (Å²) in [5, 5.41) is 17.8. The zero-order chi connectivity index (χ0) is 6.78. The number of aliphatic hydroxyl groups excluding tert-OH is 1. The van der Waals surface area contributed by atoms with Crippen molar-refractivity contribution >= 4 is 0 Å². The van der Waals surface area contributed by atoms with E-state index in [1.165, 1.54) is 19.9 Å². The van der Waals surface area contributed by atoms with E-state index < -0.39 is 11.7 Å². The second-order valence-corrected chi connectivity index (χ2v) is 2.11. The molecule has 2 heteroatoms. The van der Waals surface area contributed by atoms with Crippen LogP contribution >= 0.6 is 0 Å². The van der Waals surface area contributed by atoms with E-state index in [9.17, 15) is 0 Å². The minimum atomic E-state index is -1.14. The number of hydrogen-bond donors (Lipinski definition) is 2. The molecule has 0 fully saturated rings. The van der Waals surface area contributed by atoms with Gasteiger partial charge in [-0.3, -0.25) is 0 Å². The first kappa shape index (κ1) is 7.66. The van der Waals surface area contributed by atoms with Crippen LogP contribution in [0.1, 0.15) is 13.8 Å². The fourth-order valence-corrected chi connectivity index (χ4v) is 0.171. The van der Waals surface area contributed by atoms with Crippen molar-refractivity contribution < 1.29 is 10.2 Å². The van der Waals surface area contributed by atoms with E-state index in [1.807, 2.05) is 0 Å². The quantitative estimate of drug-likeness (QED) is 0.509. The monoisotopic (exact) mass is 116 g/mol. The Kier molecular flexibility index (Phi) is 2.19. The molecule has 0 unspecified atom stereocenters. The predicted octanol–water partition coefficient (Wildman–Crippen LogP) is 0.304. The maximum Gasteiger partial charge on any atom is 0.105 e. The molecule has 2 N–H and O–H groups in total. The molecule has 2 atom stereocenters. The lowest BCUT2D eigenvalue weighted by Gasteiger charge is -2.21. The second-order valence-electron chi connectivity index (χ2n) is 2.11. The SMILES string of the molecule is C=C[C@](C)(O)[C@H](C)O. The molecule has 0 aliphatic heterocycles. The molecule has 0 radical (unpaired) electrons. The molecular formula is C6H12O2. The Balaban J connectivity index is 3.90. The molecule has 0 saturated heterocycles. The molecule has 0 aromatic carbocycles. The summed E-state index contributed by atoms with van der Waals surface area (Å²) in [5.74, 6) is 0. The van der Waals surface area contributed by atoms with Gasteiger partial charge in [0.2, 0.25) is 0 Å². The summed E-state index contributed by atoms with van der Waals surface area (Å²) >= 11 is 0. The topological polar surface area (TPSA) is 40.5 Å². The number of rotatable bonds is 2. The summed E-state index contributed by atoms with van der Waals surface area (Å²) in [6.45, 7) is 6.36. The van der Waals surface area contributed by atoms with Gasteiger partial charge in [-0.15, -0.1) is 6.58 Å². The van der Waals surface area contributed by atoms with Crippen LogP contribution in [0.4, 0.5) is 0 Å². The molecule has 0 bridgehead atoms. The molecule has 0 aromatic rings. The highest BCUT2D eigenvalue weighted by atomic mass is 16.3. The molecule has 0 amide bonds. The van der Waals surface area contributed by atoms with Crippen molar-refractivity contribution in [3.63, 3.8) is 0 Å². The van der Waals surface area contributed by atoms with Crippen molar-refractivity contribution in [2.24, 2.45) is 0 Å². The largest absolute Gasteiger partial charge is 0.390 e. The number of hydrogen-bond acceptors (Lipinski definition) is 2. The smallest absolute Gasteiger partial charge is 0.105 e. The summed E-state index contributed by atoms with van der Waals surface area (Å²) in [5.41, 5.74) is -1.14. The summed E-state index contributed by atoms with van der Waals surface area (Å²) in [6, 6.07) is 0. The fourth-order valence-electron chi connectivity index (χ4n) is 0.171. The number of aliphatic hydroxyl groups is 2. The van der Waals surface area contributed by atoms with Crippen molar-refractivity contribution in [3.05, 3.63) is 12.7 Å². The summed E-state index contributed by atoms with van der Waals surface area (Å²) < 4.78 is 0. The highest BCUT2D eigenvalue weighted by Gasteiger charge is 2.21. The summed E-state index contributed by atoms with van der Waals surface area (Å²) in [6.07, 6.45) is 0.567. The molecule has 2 nitrogen and oxygen atoms in total. The van der Waals surface area contributed by atoms with Crippen molar-refractivity contribution in [1.29, 1.82) is 0 Å². The van der Waals surface area contributed by atoms with Crippen molar-refractivity contribution in [1.82, 2.24) is 0 Å². The molecule has 0 aliphatic rings. The minimum absolute atomic E-state index is 0.750. The van der Waals surface area contributed by atoms with E-state index in [0.29, 0.717) is 0 Å². The lowest BCUT2D eigenvalue weighted by Crippen LogP contribution is -2.34. The lowest BCUT2D eigenvalue weighted by atomic mass is 10.0. The molecule has 0 spiro atoms. The molecule has 0 rings (SSSR count). The van der Waals surface area contributed by atoms with Gasteiger partial charge in [0, 0.05) is 0 Å². The third kappa shape index (κ3) is 1.64. The standard InChI is InChI=1S/C6H12O2/c1-4-6(3,8)5(2)7/h4-5,7-8H,1H2,2-3H3/t5-,6-/m0/s1. The molecule has 0 aromatic heterocycles. The minimum Gasteiger partial charge on any atom is -0.390 e. The van der Waals surface area contributed by atoms with E-state index in [0.717, 1.165) is 0 Å². The van der Waals surface area contributed by atoms with Gasteiger partial charge in [-0.05, 0) is 13.8 Å². The first-order valence-corrected chi connectivity index (χ1v) is 2.54. The lowest BCUT2D eigenvalue weighted by molar-refractivity contribution is -0.0149. The van der Waals surface area contributed by atoms with Crippen LogP contribution in [0.3, 0.4) is 0 Å². The second kappa shape index (κ2) is 2.29. The van der Waals surface area contributed by atoms with Crippen molar-refractivity contribution in [3.8, 4) is 0 Å². The van der Waals surface area contributed by atoms with E-state index in [4.69, 9.17) is 10.2 Å². The molecule has 0 heterocycles. The maximum atomic E-state index is 9.03. The van der Waals surface area contributed by atoms with Crippen LogP contribution in [0.2, 0.25) is 0 Å². The summed E-state index contributed by atoms with van der Waals surface area (Å²) in [7, 11) is 0. The van der Waals surface area contributed by atoms with Gasteiger partial charge in [0.25, 0.3) is 0 Å². The average Bonchev–Trinajstić information content (AvgIpc) is 1.67. The van der Waals surface area contributed by atoms with Crippen LogP contribution in [0.25, 0.3) is 0 Å². The first-order valence-electron chi connectivity index (χ1n) is 2.54. The van der Waals surface area contributed by atoms with Crippen LogP contribution in [0, 0.1) is 0 Å².